The van der Waals surface area contributed by atoms with Gasteiger partial charge in [-0.25, -0.2) is 4.98 Å². The van der Waals surface area contributed by atoms with Crippen molar-refractivity contribution in [1.82, 2.24) is 4.98 Å². The van der Waals surface area contributed by atoms with Gasteiger partial charge in [-0.2, -0.15) is 0 Å². The number of aromatic nitrogens is 1. The average molecular weight is 210 g/mol. The summed E-state index contributed by atoms with van der Waals surface area (Å²) < 4.78 is 0. The molecule has 0 amide bonds. The predicted octanol–water partition coefficient (Wildman–Crippen LogP) is 2.69. The van der Waals surface area contributed by atoms with E-state index in [9.17, 15) is 0 Å². The Hall–Kier alpha value is -0.410. The molecule has 0 aromatic carbocycles. The Morgan fingerprint density at radius 1 is 1.57 bits per heavy atom. The maximum atomic E-state index is 5.94. The smallest absolute Gasteiger partial charge is 0.0959 e. The molecule has 0 atom stereocenters. The molecule has 0 spiro atoms. The van der Waals surface area contributed by atoms with Gasteiger partial charge < -0.3 is 5.73 Å². The van der Waals surface area contributed by atoms with Crippen molar-refractivity contribution >= 4 is 11.3 Å². The SMILES string of the molecule is CC(C)(N)CCc1csc(C2CC2)n1. The quantitative estimate of drug-likeness (QED) is 0.830. The third-order valence-corrected chi connectivity index (χ3v) is 3.58. The van der Waals surface area contributed by atoms with Crippen LogP contribution < -0.4 is 5.73 Å². The second-order valence-corrected chi connectivity index (χ2v) is 5.83. The van der Waals surface area contributed by atoms with Gasteiger partial charge in [-0.15, -0.1) is 11.3 Å². The van der Waals surface area contributed by atoms with Crippen LogP contribution in [0, 0.1) is 0 Å². The van der Waals surface area contributed by atoms with E-state index in [0.717, 1.165) is 18.8 Å². The van der Waals surface area contributed by atoms with Crippen LogP contribution in [-0.2, 0) is 6.42 Å². The highest BCUT2D eigenvalue weighted by Gasteiger charge is 2.26. The zero-order chi connectivity index (χ0) is 10.2. The molecule has 3 heteroatoms. The molecule has 1 aromatic heterocycles. The molecule has 1 heterocycles. The molecule has 2 nitrogen and oxygen atoms in total. The Balaban J connectivity index is 1.90. The van der Waals surface area contributed by atoms with Crippen LogP contribution in [0.2, 0.25) is 0 Å². The lowest BCUT2D eigenvalue weighted by Gasteiger charge is -2.16. The van der Waals surface area contributed by atoms with E-state index in [1.54, 1.807) is 0 Å². The third-order valence-electron chi connectivity index (χ3n) is 2.52. The van der Waals surface area contributed by atoms with Crippen LogP contribution in [0.5, 0.6) is 0 Å². The highest BCUT2D eigenvalue weighted by atomic mass is 32.1. The van der Waals surface area contributed by atoms with Crippen LogP contribution in [-0.4, -0.2) is 10.5 Å². The van der Waals surface area contributed by atoms with E-state index < -0.39 is 0 Å². The first-order valence-electron chi connectivity index (χ1n) is 5.28. The van der Waals surface area contributed by atoms with Gasteiger partial charge in [-0.1, -0.05) is 0 Å². The number of aryl methyl sites for hydroxylation is 1. The molecule has 1 aromatic rings. The molecule has 0 saturated heterocycles. The van der Waals surface area contributed by atoms with Gasteiger partial charge in [0.2, 0.25) is 0 Å². The summed E-state index contributed by atoms with van der Waals surface area (Å²) >= 11 is 1.82. The Kier molecular flexibility index (Phi) is 2.62. The number of thiazole rings is 1. The number of hydrogen-bond acceptors (Lipinski definition) is 3. The molecule has 78 valence electrons. The zero-order valence-electron chi connectivity index (χ0n) is 8.92. The minimum Gasteiger partial charge on any atom is -0.326 e. The van der Waals surface area contributed by atoms with Crippen molar-refractivity contribution in [1.29, 1.82) is 0 Å². The largest absolute Gasteiger partial charge is 0.326 e. The summed E-state index contributed by atoms with van der Waals surface area (Å²) in [5, 5.41) is 3.54. The molecular formula is C11H18N2S. The van der Waals surface area contributed by atoms with E-state index in [4.69, 9.17) is 5.73 Å². The van der Waals surface area contributed by atoms with E-state index in [0.29, 0.717) is 0 Å². The molecule has 2 N–H and O–H groups in total. The second kappa shape index (κ2) is 3.63. The van der Waals surface area contributed by atoms with Gasteiger partial charge >= 0.3 is 0 Å². The highest BCUT2D eigenvalue weighted by Crippen LogP contribution is 2.41. The van der Waals surface area contributed by atoms with Gasteiger partial charge in [0.25, 0.3) is 0 Å². The Morgan fingerprint density at radius 2 is 2.29 bits per heavy atom. The standard InChI is InChI=1S/C11H18N2S/c1-11(2,12)6-5-9-7-14-10(13-9)8-3-4-8/h7-8H,3-6,12H2,1-2H3. The summed E-state index contributed by atoms with van der Waals surface area (Å²) in [4.78, 5) is 4.64. The minimum atomic E-state index is -0.0661. The van der Waals surface area contributed by atoms with Crippen LogP contribution in [0.15, 0.2) is 5.38 Å². The van der Waals surface area contributed by atoms with E-state index in [2.05, 4.69) is 24.2 Å². The average Bonchev–Trinajstić information content (AvgIpc) is 2.81. The van der Waals surface area contributed by atoms with Gasteiger partial charge in [0, 0.05) is 16.8 Å². The fourth-order valence-electron chi connectivity index (χ4n) is 1.41. The molecule has 1 aliphatic carbocycles. The van der Waals surface area contributed by atoms with Gasteiger partial charge in [0.1, 0.15) is 0 Å². The Labute approximate surface area is 89.5 Å². The predicted molar refractivity (Wildman–Crippen MR) is 60.7 cm³/mol. The van der Waals surface area contributed by atoms with Crippen LogP contribution >= 0.6 is 11.3 Å². The lowest BCUT2D eigenvalue weighted by atomic mass is 9.99. The maximum absolute atomic E-state index is 5.94. The number of hydrogen-bond donors (Lipinski definition) is 1. The second-order valence-electron chi connectivity index (χ2n) is 4.94. The molecule has 1 saturated carbocycles. The molecular weight excluding hydrogens is 192 g/mol. The fourth-order valence-corrected chi connectivity index (χ4v) is 2.43. The molecule has 1 fully saturated rings. The van der Waals surface area contributed by atoms with E-state index in [-0.39, 0.29) is 5.54 Å². The number of nitrogens with two attached hydrogens (primary N) is 1. The van der Waals surface area contributed by atoms with Crippen molar-refractivity contribution in [3.8, 4) is 0 Å². The minimum absolute atomic E-state index is 0.0661. The zero-order valence-corrected chi connectivity index (χ0v) is 9.73. The van der Waals surface area contributed by atoms with Crippen LogP contribution in [0.4, 0.5) is 0 Å². The molecule has 0 aliphatic heterocycles. The van der Waals surface area contributed by atoms with Crippen molar-refractivity contribution in [2.75, 3.05) is 0 Å². The lowest BCUT2D eigenvalue weighted by molar-refractivity contribution is 0.474. The van der Waals surface area contributed by atoms with Crippen LogP contribution in [0.1, 0.15) is 49.7 Å². The van der Waals surface area contributed by atoms with Crippen molar-refractivity contribution in [2.45, 2.75) is 51.0 Å². The topological polar surface area (TPSA) is 38.9 Å². The maximum Gasteiger partial charge on any atom is 0.0959 e. The normalized spacial score (nSPS) is 17.4. The lowest BCUT2D eigenvalue weighted by Crippen LogP contribution is -2.32. The van der Waals surface area contributed by atoms with E-state index >= 15 is 0 Å². The molecule has 2 rings (SSSR count). The van der Waals surface area contributed by atoms with Crippen LogP contribution in [0.3, 0.4) is 0 Å². The van der Waals surface area contributed by atoms with Crippen molar-refractivity contribution in [3.63, 3.8) is 0 Å². The summed E-state index contributed by atoms with van der Waals surface area (Å²) in [6.07, 6.45) is 4.72. The van der Waals surface area contributed by atoms with Gasteiger partial charge in [0.15, 0.2) is 0 Å². The number of nitrogens with zero attached hydrogens (tertiary/aromatic N) is 1. The van der Waals surface area contributed by atoms with Crippen molar-refractivity contribution < 1.29 is 0 Å². The van der Waals surface area contributed by atoms with E-state index in [1.807, 2.05) is 11.3 Å². The summed E-state index contributed by atoms with van der Waals surface area (Å²) in [6.45, 7) is 4.14. The molecule has 14 heavy (non-hydrogen) atoms. The monoisotopic (exact) mass is 210 g/mol. The first-order valence-corrected chi connectivity index (χ1v) is 6.16. The Bertz CT molecular complexity index is 307. The molecule has 1 aliphatic rings. The fraction of sp³-hybridized carbons (Fsp3) is 0.727. The van der Waals surface area contributed by atoms with Gasteiger partial charge in [-0.3, -0.25) is 0 Å². The first kappa shape index (κ1) is 10.1. The highest BCUT2D eigenvalue weighted by molar-refractivity contribution is 7.09. The molecule has 0 bridgehead atoms. The summed E-state index contributed by atoms with van der Waals surface area (Å²) in [7, 11) is 0. The summed E-state index contributed by atoms with van der Waals surface area (Å²) in [6, 6.07) is 0. The molecule has 0 unspecified atom stereocenters. The first-order chi connectivity index (χ1) is 6.54. The number of rotatable bonds is 4. The van der Waals surface area contributed by atoms with Crippen molar-refractivity contribution in [2.24, 2.45) is 5.73 Å². The summed E-state index contributed by atoms with van der Waals surface area (Å²) in [5.41, 5.74) is 7.10. The van der Waals surface area contributed by atoms with Crippen LogP contribution in [0.25, 0.3) is 0 Å². The third kappa shape index (κ3) is 2.79. The van der Waals surface area contributed by atoms with Gasteiger partial charge in [0.05, 0.1) is 10.7 Å². The van der Waals surface area contributed by atoms with E-state index in [1.165, 1.54) is 23.5 Å². The Morgan fingerprint density at radius 3 is 2.86 bits per heavy atom. The molecule has 0 radical (unpaired) electrons. The van der Waals surface area contributed by atoms with Crippen molar-refractivity contribution in [3.05, 3.63) is 16.1 Å². The summed E-state index contributed by atoms with van der Waals surface area (Å²) in [5.74, 6) is 0.791. The van der Waals surface area contributed by atoms with Gasteiger partial charge in [-0.05, 0) is 39.5 Å².